The maximum absolute atomic E-state index is 12.7. The van der Waals surface area contributed by atoms with Gasteiger partial charge in [-0.15, -0.1) is 0 Å². The normalized spacial score (nSPS) is 12.1. The summed E-state index contributed by atoms with van der Waals surface area (Å²) in [5, 5.41) is 9.76. The predicted molar refractivity (Wildman–Crippen MR) is 173 cm³/mol. The van der Waals surface area contributed by atoms with Crippen molar-refractivity contribution in [3.63, 3.8) is 0 Å². The molecule has 3 aromatic heterocycles. The highest BCUT2D eigenvalue weighted by Crippen LogP contribution is 2.34. The number of aromatic nitrogens is 4. The molecule has 230 valence electrons. The van der Waals surface area contributed by atoms with Crippen LogP contribution in [0.1, 0.15) is 12.5 Å². The molecule has 0 unspecified atom stereocenters. The van der Waals surface area contributed by atoms with E-state index in [1.807, 2.05) is 34.9 Å². The van der Waals surface area contributed by atoms with Gasteiger partial charge in [0.2, 0.25) is 0 Å². The van der Waals surface area contributed by atoms with Crippen molar-refractivity contribution >= 4 is 28.9 Å². The Bertz CT molecular complexity index is 1930. The van der Waals surface area contributed by atoms with Crippen LogP contribution in [-0.4, -0.2) is 53.1 Å². The van der Waals surface area contributed by atoms with E-state index in [0.717, 1.165) is 17.6 Å². The molecule has 10 nitrogen and oxygen atoms in total. The van der Waals surface area contributed by atoms with Crippen LogP contribution in [0.4, 0.5) is 0 Å². The average Bonchev–Trinajstić information content (AvgIpc) is 3.34. The zero-order valence-corrected chi connectivity index (χ0v) is 27.0. The molecule has 0 aliphatic rings. The van der Waals surface area contributed by atoms with Crippen molar-refractivity contribution in [2.75, 3.05) is 12.4 Å². The summed E-state index contributed by atoms with van der Waals surface area (Å²) in [5.74, 6) is 1.40. The fourth-order valence-electron chi connectivity index (χ4n) is 4.59. The Morgan fingerprint density at radius 1 is 1.00 bits per heavy atom. The highest BCUT2D eigenvalue weighted by Gasteiger charge is 2.20. The molecule has 3 heterocycles. The van der Waals surface area contributed by atoms with E-state index >= 15 is 0 Å². The number of rotatable bonds is 12. The van der Waals surface area contributed by atoms with Crippen LogP contribution in [0.5, 0.6) is 17.2 Å². The summed E-state index contributed by atoms with van der Waals surface area (Å²) >= 11 is 0. The third kappa shape index (κ3) is 7.26. The Hall–Kier alpha value is -4.26. The van der Waals surface area contributed by atoms with Crippen molar-refractivity contribution in [1.82, 2.24) is 19.1 Å². The summed E-state index contributed by atoms with van der Waals surface area (Å²) in [4.78, 5) is 22.3. The summed E-state index contributed by atoms with van der Waals surface area (Å²) in [6.45, 7) is 9.53. The summed E-state index contributed by atoms with van der Waals surface area (Å²) in [6.07, 6.45) is 3.23. The lowest BCUT2D eigenvalue weighted by Gasteiger charge is -2.17. The van der Waals surface area contributed by atoms with E-state index in [-0.39, 0.29) is 35.2 Å². The summed E-state index contributed by atoms with van der Waals surface area (Å²) in [7, 11) is -4.66. The quantitative estimate of drug-likeness (QED) is 0.133. The van der Waals surface area contributed by atoms with Gasteiger partial charge in [0.15, 0.2) is 15.7 Å². The monoisotopic (exact) mass is 632 g/mol. The molecule has 0 fully saturated rings. The Labute approximate surface area is 257 Å². The van der Waals surface area contributed by atoms with Gasteiger partial charge in [0.1, 0.15) is 29.7 Å². The van der Waals surface area contributed by atoms with E-state index in [9.17, 15) is 18.3 Å². The molecule has 0 amide bonds. The molecular formula is C32H36N4O6SSi. The topological polar surface area (TPSA) is 126 Å². The summed E-state index contributed by atoms with van der Waals surface area (Å²) in [6, 6.07) is 19.2. The molecule has 0 aliphatic carbocycles. The third-order valence-electron chi connectivity index (χ3n) is 7.15. The molecule has 5 aromatic rings. The van der Waals surface area contributed by atoms with Gasteiger partial charge in [0, 0.05) is 44.8 Å². The first-order valence-electron chi connectivity index (χ1n) is 14.4. The molecule has 0 saturated carbocycles. The van der Waals surface area contributed by atoms with Crippen molar-refractivity contribution in [3.05, 3.63) is 95.0 Å². The minimum absolute atomic E-state index is 0.00198. The smallest absolute Gasteiger partial charge is 0.254 e. The van der Waals surface area contributed by atoms with E-state index in [2.05, 4.69) is 24.6 Å². The van der Waals surface area contributed by atoms with Crippen LogP contribution >= 0.6 is 0 Å². The number of hydrogen-bond acceptors (Lipinski definition) is 8. The number of ether oxygens (including phenoxy) is 2. The van der Waals surface area contributed by atoms with Crippen molar-refractivity contribution in [2.24, 2.45) is 0 Å². The number of aromatic hydroxyl groups is 1. The average molecular weight is 633 g/mol. The van der Waals surface area contributed by atoms with Crippen LogP contribution in [0.15, 0.2) is 88.8 Å². The number of benzene rings is 2. The molecule has 12 heteroatoms. The third-order valence-corrected chi connectivity index (χ3v) is 10.6. The first kappa shape index (κ1) is 31.2. The lowest BCUT2D eigenvalue weighted by molar-refractivity contribution is 0.0909. The van der Waals surface area contributed by atoms with Crippen LogP contribution in [-0.2, 0) is 27.8 Å². The van der Waals surface area contributed by atoms with Gasteiger partial charge in [0.05, 0.1) is 28.2 Å². The largest absolute Gasteiger partial charge is 0.508 e. The molecule has 0 radical (unpaired) electrons. The van der Waals surface area contributed by atoms with E-state index in [1.165, 1.54) is 29.0 Å². The SMILES string of the molecule is CCS(=O)(=O)c1ccc(Oc2cc3c(cc2Cn2ccc(O)cc2=O)nc(-c2ccccn2)n3COCC[Si](C)(C)C)cc1. The van der Waals surface area contributed by atoms with E-state index in [4.69, 9.17) is 14.5 Å². The van der Waals surface area contributed by atoms with Gasteiger partial charge in [-0.25, -0.2) is 13.4 Å². The number of fused-ring (bicyclic) bond motifs is 1. The van der Waals surface area contributed by atoms with E-state index < -0.39 is 17.9 Å². The van der Waals surface area contributed by atoms with Gasteiger partial charge in [-0.2, -0.15) is 0 Å². The van der Waals surface area contributed by atoms with Gasteiger partial charge in [-0.1, -0.05) is 32.6 Å². The molecule has 0 saturated heterocycles. The molecule has 44 heavy (non-hydrogen) atoms. The van der Waals surface area contributed by atoms with Gasteiger partial charge in [-0.05, 0) is 54.6 Å². The van der Waals surface area contributed by atoms with Crippen LogP contribution < -0.4 is 10.3 Å². The first-order valence-corrected chi connectivity index (χ1v) is 19.7. The minimum atomic E-state index is -3.37. The number of sulfone groups is 1. The zero-order valence-electron chi connectivity index (χ0n) is 25.2. The van der Waals surface area contributed by atoms with Crippen LogP contribution in [0.3, 0.4) is 0 Å². The molecule has 0 atom stereocenters. The van der Waals surface area contributed by atoms with Crippen molar-refractivity contribution in [2.45, 2.75) is 50.8 Å². The Morgan fingerprint density at radius 2 is 1.77 bits per heavy atom. The van der Waals surface area contributed by atoms with Crippen LogP contribution in [0, 0.1) is 0 Å². The number of pyridine rings is 2. The van der Waals surface area contributed by atoms with Crippen molar-refractivity contribution in [3.8, 4) is 28.8 Å². The second-order valence-electron chi connectivity index (χ2n) is 11.7. The maximum atomic E-state index is 12.7. The first-order chi connectivity index (χ1) is 20.9. The fourth-order valence-corrected chi connectivity index (χ4v) is 6.23. The lowest BCUT2D eigenvalue weighted by Crippen LogP contribution is -2.22. The highest BCUT2D eigenvalue weighted by molar-refractivity contribution is 7.91. The molecule has 0 bridgehead atoms. The highest BCUT2D eigenvalue weighted by atomic mass is 32.2. The number of imidazole rings is 1. The Kier molecular flexibility index (Phi) is 9.04. The molecule has 0 spiro atoms. The number of nitrogens with zero attached hydrogens (tertiary/aromatic N) is 4. The van der Waals surface area contributed by atoms with E-state index in [1.54, 1.807) is 25.3 Å². The number of hydrogen-bond donors (Lipinski definition) is 1. The van der Waals surface area contributed by atoms with Gasteiger partial charge in [-0.3, -0.25) is 14.3 Å². The minimum Gasteiger partial charge on any atom is -0.508 e. The molecular weight excluding hydrogens is 597 g/mol. The molecule has 0 aliphatic heterocycles. The summed E-state index contributed by atoms with van der Waals surface area (Å²) < 4.78 is 40.6. The zero-order chi connectivity index (χ0) is 31.5. The van der Waals surface area contributed by atoms with Crippen molar-refractivity contribution < 1.29 is 23.0 Å². The van der Waals surface area contributed by atoms with Gasteiger partial charge in [0.25, 0.3) is 5.56 Å². The second kappa shape index (κ2) is 12.8. The van der Waals surface area contributed by atoms with Gasteiger partial charge >= 0.3 is 0 Å². The maximum Gasteiger partial charge on any atom is 0.254 e. The fraction of sp³-hybridized carbons (Fsp3) is 0.281. The van der Waals surface area contributed by atoms with Crippen LogP contribution in [0.25, 0.3) is 22.6 Å². The standard InChI is InChI=1S/C32H36N4O6SSi/c1-5-43(39,40)26-11-9-25(10-12-26)42-30-20-29-28(18-23(30)21-35-15-13-24(37)19-31(35)38)34-32(27-8-6-7-14-33-27)36(29)22-41-16-17-44(2,3)4/h6-15,18-20,37H,5,16-17,21-22H2,1-4H3. The second-order valence-corrected chi connectivity index (χ2v) is 19.6. The summed E-state index contributed by atoms with van der Waals surface area (Å²) in [5.41, 5.74) is 2.38. The van der Waals surface area contributed by atoms with Crippen LogP contribution in [0.2, 0.25) is 25.7 Å². The Morgan fingerprint density at radius 3 is 2.43 bits per heavy atom. The predicted octanol–water partition coefficient (Wildman–Crippen LogP) is 5.91. The molecule has 5 rings (SSSR count). The lowest BCUT2D eigenvalue weighted by atomic mass is 10.1. The van der Waals surface area contributed by atoms with E-state index in [0.29, 0.717) is 40.7 Å². The molecule has 2 aromatic carbocycles. The molecule has 1 N–H and O–H groups in total. The van der Waals surface area contributed by atoms with Crippen molar-refractivity contribution in [1.29, 1.82) is 0 Å². The van der Waals surface area contributed by atoms with Gasteiger partial charge < -0.3 is 19.1 Å². The Balaban J connectivity index is 1.61.